The van der Waals surface area contributed by atoms with E-state index in [2.05, 4.69) is 49.5 Å². The first-order valence-corrected chi connectivity index (χ1v) is 8.72. The summed E-state index contributed by atoms with van der Waals surface area (Å²) in [6, 6.07) is 11.2. The second kappa shape index (κ2) is 27.3. The largest absolute Gasteiger partial charge is 0.412 e. The number of likely N-dealkylation sites (N-methyl/N-ethyl adjacent to an activating group) is 1. The van der Waals surface area contributed by atoms with Gasteiger partial charge in [-0.25, -0.2) is 0 Å². The molecule has 0 aromatic heterocycles. The third kappa shape index (κ3) is 22.4. The van der Waals surface area contributed by atoms with Gasteiger partial charge in [0.05, 0.1) is 0 Å². The van der Waals surface area contributed by atoms with Crippen LogP contribution in [-0.2, 0) is 16.0 Å². The van der Waals surface area contributed by atoms with Gasteiger partial charge in [-0.05, 0) is 31.9 Å². The van der Waals surface area contributed by atoms with Gasteiger partial charge in [-0.1, -0.05) is 69.9 Å². The second-order valence-corrected chi connectivity index (χ2v) is 5.45. The van der Waals surface area contributed by atoms with Crippen molar-refractivity contribution in [2.75, 3.05) is 7.05 Å². The lowest BCUT2D eigenvalue weighted by Gasteiger charge is -2.13. The predicted octanol–water partition coefficient (Wildman–Crippen LogP) is 3.92. The van der Waals surface area contributed by atoms with E-state index in [0.29, 0.717) is 6.04 Å². The molecule has 4 nitrogen and oxygen atoms in total. The molecule has 0 aliphatic carbocycles. The molecule has 148 valence electrons. The molecule has 3 N–H and O–H groups in total. The summed E-state index contributed by atoms with van der Waals surface area (Å²) in [7, 11) is 2.02. The number of hydrogen-bond donors (Lipinski definition) is 1. The number of carbonyl (C=O) groups is 2. The van der Waals surface area contributed by atoms with Gasteiger partial charge in [-0.2, -0.15) is 0 Å². The van der Waals surface area contributed by atoms with Crippen molar-refractivity contribution >= 4 is 13.1 Å². The lowest BCUT2D eigenvalue weighted by Crippen LogP contribution is -2.26. The minimum atomic E-state index is 0. The molecule has 0 fully saturated rings. The summed E-state index contributed by atoms with van der Waals surface area (Å²) in [5.74, 6) is 0. The summed E-state index contributed by atoms with van der Waals surface area (Å²) in [5, 5.41) is 3.30. The van der Waals surface area contributed by atoms with Gasteiger partial charge in [0.15, 0.2) is 0 Å². The molecule has 1 rings (SSSR count). The molecule has 0 unspecified atom stereocenters. The summed E-state index contributed by atoms with van der Waals surface area (Å²) in [6.07, 6.45) is 10.3. The molecule has 0 aliphatic heterocycles. The van der Waals surface area contributed by atoms with Crippen LogP contribution in [0.4, 0.5) is 4.70 Å². The van der Waals surface area contributed by atoms with Crippen LogP contribution in [0.3, 0.4) is 0 Å². The van der Waals surface area contributed by atoms with Gasteiger partial charge in [0.1, 0.15) is 13.1 Å². The van der Waals surface area contributed by atoms with Crippen molar-refractivity contribution in [1.29, 1.82) is 0 Å². The number of hydrogen-bond acceptors (Lipinski definition) is 3. The van der Waals surface area contributed by atoms with Gasteiger partial charge in [0.2, 0.25) is 0 Å². The Balaban J connectivity index is -0.000000154. The van der Waals surface area contributed by atoms with E-state index in [1.807, 2.05) is 13.8 Å². The average Bonchev–Trinajstić information content (AvgIpc) is 2.63. The van der Waals surface area contributed by atoms with Gasteiger partial charge < -0.3 is 20.4 Å². The van der Waals surface area contributed by atoms with Crippen molar-refractivity contribution in [1.82, 2.24) is 5.32 Å². The van der Waals surface area contributed by atoms with E-state index < -0.39 is 0 Å². The molecule has 0 heterocycles. The van der Waals surface area contributed by atoms with Gasteiger partial charge >= 0.3 is 0 Å². The topological polar surface area (TPSA) is 77.7 Å². The van der Waals surface area contributed by atoms with Crippen LogP contribution in [-0.4, -0.2) is 31.6 Å². The lowest BCUT2D eigenvalue weighted by atomic mass is 10.0. The molecule has 0 spiro atoms. The van der Waals surface area contributed by atoms with E-state index in [0.717, 1.165) is 25.5 Å². The number of carbonyl (C=O) groups excluding carboxylic acids is 2. The van der Waals surface area contributed by atoms with Crippen LogP contribution in [0.25, 0.3) is 0 Å². The fraction of sp³-hybridized carbons (Fsp3) is 0.600. The first kappa shape index (κ1) is 31.2. The van der Waals surface area contributed by atoms with Crippen molar-refractivity contribution in [3.8, 4) is 0 Å². The zero-order valence-electron chi connectivity index (χ0n) is 16.1. The Hall–Kier alpha value is -1.59. The highest BCUT2D eigenvalue weighted by atomic mass is 19.0. The predicted molar refractivity (Wildman–Crippen MR) is 106 cm³/mol. The monoisotopic (exact) mass is 359 g/mol. The van der Waals surface area contributed by atoms with Crippen LogP contribution < -0.4 is 5.32 Å². The SMILES string of the molecule is C=O.CCCCCCCC=O.CC[C@H](Cc1ccccc1)NC.F.O. The Kier molecular flexibility index (Phi) is 34.0. The second-order valence-electron chi connectivity index (χ2n) is 5.45. The van der Waals surface area contributed by atoms with Crippen molar-refractivity contribution in [2.24, 2.45) is 0 Å². The lowest BCUT2D eigenvalue weighted by molar-refractivity contribution is -0.108. The summed E-state index contributed by atoms with van der Waals surface area (Å²) < 4.78 is 0. The average molecular weight is 360 g/mol. The van der Waals surface area contributed by atoms with Crippen LogP contribution in [0.1, 0.15) is 64.4 Å². The van der Waals surface area contributed by atoms with E-state index in [1.165, 1.54) is 37.7 Å². The fourth-order valence-electron chi connectivity index (χ4n) is 2.18. The number of aldehydes is 1. The molecule has 0 saturated heterocycles. The zero-order valence-corrected chi connectivity index (χ0v) is 16.1. The molecule has 5 heteroatoms. The molecule has 1 aromatic rings. The molecule has 0 saturated carbocycles. The Labute approximate surface area is 153 Å². The van der Waals surface area contributed by atoms with Gasteiger partial charge in [-0.3, -0.25) is 4.70 Å². The normalized spacial score (nSPS) is 9.72. The highest BCUT2D eigenvalue weighted by Gasteiger charge is 2.02. The molecule has 0 bridgehead atoms. The smallest absolute Gasteiger partial charge is 0.119 e. The number of nitrogens with one attached hydrogen (secondary N) is 1. The quantitative estimate of drug-likeness (QED) is 0.508. The van der Waals surface area contributed by atoms with Crippen LogP contribution in [0.5, 0.6) is 0 Å². The minimum absolute atomic E-state index is 0. The molecular formula is C20H38FNO3. The molecule has 25 heavy (non-hydrogen) atoms. The zero-order chi connectivity index (χ0) is 17.8. The van der Waals surface area contributed by atoms with E-state index in [-0.39, 0.29) is 10.2 Å². The molecule has 0 radical (unpaired) electrons. The highest BCUT2D eigenvalue weighted by molar-refractivity contribution is 5.48. The Morgan fingerprint density at radius 3 is 2.04 bits per heavy atom. The molecule has 0 aliphatic rings. The van der Waals surface area contributed by atoms with Gasteiger partial charge in [0.25, 0.3) is 0 Å². The maximum absolute atomic E-state index is 9.84. The number of benzene rings is 1. The van der Waals surface area contributed by atoms with Crippen molar-refractivity contribution in [3.63, 3.8) is 0 Å². The van der Waals surface area contributed by atoms with Crippen molar-refractivity contribution < 1.29 is 19.8 Å². The fourth-order valence-corrected chi connectivity index (χ4v) is 2.18. The minimum Gasteiger partial charge on any atom is -0.412 e. The van der Waals surface area contributed by atoms with Crippen LogP contribution >= 0.6 is 0 Å². The summed E-state index contributed by atoms with van der Waals surface area (Å²) in [6.45, 7) is 6.41. The van der Waals surface area contributed by atoms with Crippen molar-refractivity contribution in [2.45, 2.75) is 71.3 Å². The number of halogens is 1. The summed E-state index contributed by atoms with van der Waals surface area (Å²) in [5.41, 5.74) is 1.42. The summed E-state index contributed by atoms with van der Waals surface area (Å²) in [4.78, 5) is 17.8. The van der Waals surface area contributed by atoms with E-state index in [9.17, 15) is 4.79 Å². The molecule has 1 aromatic carbocycles. The maximum Gasteiger partial charge on any atom is 0.119 e. The van der Waals surface area contributed by atoms with Crippen LogP contribution in [0.15, 0.2) is 30.3 Å². The van der Waals surface area contributed by atoms with Gasteiger partial charge in [-0.15, -0.1) is 0 Å². The Morgan fingerprint density at radius 1 is 1.04 bits per heavy atom. The van der Waals surface area contributed by atoms with E-state index in [4.69, 9.17) is 4.79 Å². The van der Waals surface area contributed by atoms with Crippen molar-refractivity contribution in [3.05, 3.63) is 35.9 Å². The first-order valence-electron chi connectivity index (χ1n) is 8.72. The van der Waals surface area contributed by atoms with E-state index in [1.54, 1.807) is 0 Å². The van der Waals surface area contributed by atoms with Crippen LogP contribution in [0.2, 0.25) is 0 Å². The Morgan fingerprint density at radius 2 is 1.60 bits per heavy atom. The maximum atomic E-state index is 9.84. The van der Waals surface area contributed by atoms with Gasteiger partial charge in [0, 0.05) is 12.5 Å². The number of rotatable bonds is 10. The number of unbranched alkanes of at least 4 members (excludes halogenated alkanes) is 5. The first-order chi connectivity index (χ1) is 11.3. The Bertz CT molecular complexity index is 346. The van der Waals surface area contributed by atoms with E-state index >= 15 is 0 Å². The third-order valence-electron chi connectivity index (χ3n) is 3.65. The molecular weight excluding hydrogens is 321 g/mol. The van der Waals surface area contributed by atoms with Crippen LogP contribution in [0, 0.1) is 0 Å². The standard InChI is InChI=1S/C11H17N.C8H16O.CH2O.FH.H2O/c1-3-11(12-2)9-10-7-5-4-6-8-10;1-2-3-4-5-6-7-8-9;1-2;;/h4-8,11-12H,3,9H2,1-2H3;8H,2-7H2,1H3;1H2;1H;1H2/t11-;;;;/m1..../s1. The summed E-state index contributed by atoms with van der Waals surface area (Å²) >= 11 is 0. The third-order valence-corrected chi connectivity index (χ3v) is 3.65. The molecule has 1 atom stereocenters. The molecule has 0 amide bonds. The highest BCUT2D eigenvalue weighted by Crippen LogP contribution is 2.04.